The van der Waals surface area contributed by atoms with Crippen molar-refractivity contribution in [2.45, 2.75) is 30.2 Å². The molecule has 27 heavy (non-hydrogen) atoms. The molecule has 0 aliphatic carbocycles. The average Bonchev–Trinajstić information content (AvgIpc) is 2.63. The van der Waals surface area contributed by atoms with E-state index >= 15 is 0 Å². The topological polar surface area (TPSA) is 76.5 Å². The molecule has 1 aromatic carbocycles. The lowest BCUT2D eigenvalue weighted by Crippen LogP contribution is -2.32. The van der Waals surface area contributed by atoms with E-state index in [0.29, 0.717) is 28.0 Å². The van der Waals surface area contributed by atoms with E-state index in [-0.39, 0.29) is 22.8 Å². The first-order valence-electron chi connectivity index (χ1n) is 8.24. The molecule has 0 bridgehead atoms. The minimum Gasteiger partial charge on any atom is -0.313 e. The van der Waals surface area contributed by atoms with Gasteiger partial charge in [-0.2, -0.15) is 4.31 Å². The maximum atomic E-state index is 12.6. The summed E-state index contributed by atoms with van der Waals surface area (Å²) in [6.07, 6.45) is 1.28. The molecule has 0 aliphatic heterocycles. The molecule has 1 atom stereocenters. The highest BCUT2D eigenvalue weighted by Crippen LogP contribution is 2.24. The molecule has 0 N–H and O–H groups in total. The Morgan fingerprint density at radius 2 is 1.78 bits per heavy atom. The van der Waals surface area contributed by atoms with Gasteiger partial charge in [-0.25, -0.2) is 8.42 Å². The maximum Gasteiger partial charge on any atom is 0.250 e. The van der Waals surface area contributed by atoms with Gasteiger partial charge in [0.1, 0.15) is 0 Å². The van der Waals surface area contributed by atoms with Crippen molar-refractivity contribution in [2.24, 2.45) is 0 Å². The van der Waals surface area contributed by atoms with Crippen LogP contribution in [0.2, 0.25) is 10.0 Å². The number of sulfonamides is 1. The summed E-state index contributed by atoms with van der Waals surface area (Å²) in [6.45, 7) is 4.23. The highest BCUT2D eigenvalue weighted by Gasteiger charge is 2.22. The molecule has 1 aromatic heterocycles. The van der Waals surface area contributed by atoms with Crippen LogP contribution < -0.4 is 5.56 Å². The number of pyridine rings is 1. The van der Waals surface area contributed by atoms with E-state index in [9.17, 15) is 17.4 Å². The lowest BCUT2D eigenvalue weighted by Gasteiger charge is -2.19. The average molecular weight is 451 g/mol. The van der Waals surface area contributed by atoms with Crippen molar-refractivity contribution in [3.63, 3.8) is 0 Å². The number of hydrogen-bond donors (Lipinski definition) is 0. The summed E-state index contributed by atoms with van der Waals surface area (Å²) < 4.78 is 40.3. The zero-order chi connectivity index (χ0) is 20.2. The van der Waals surface area contributed by atoms with Crippen molar-refractivity contribution in [3.05, 3.63) is 56.9 Å². The minimum absolute atomic E-state index is 0.0253. The molecular weight excluding hydrogens is 431 g/mol. The molecule has 1 unspecified atom stereocenters. The van der Waals surface area contributed by atoms with Crippen molar-refractivity contribution in [2.75, 3.05) is 18.8 Å². The Morgan fingerprint density at radius 1 is 1.11 bits per heavy atom. The van der Waals surface area contributed by atoms with Crippen LogP contribution in [0.15, 0.2) is 51.1 Å². The fourth-order valence-corrected chi connectivity index (χ4v) is 5.71. The number of aromatic nitrogens is 1. The van der Waals surface area contributed by atoms with Gasteiger partial charge in [-0.05, 0) is 24.3 Å². The Morgan fingerprint density at radius 3 is 2.41 bits per heavy atom. The number of aryl methyl sites for hydroxylation is 1. The van der Waals surface area contributed by atoms with Gasteiger partial charge < -0.3 is 4.57 Å². The highest BCUT2D eigenvalue weighted by atomic mass is 35.5. The van der Waals surface area contributed by atoms with Crippen molar-refractivity contribution < 1.29 is 12.6 Å². The second kappa shape index (κ2) is 9.34. The number of benzene rings is 1. The number of hydrogen-bond acceptors (Lipinski definition) is 4. The first kappa shape index (κ1) is 22.1. The van der Waals surface area contributed by atoms with E-state index in [1.54, 1.807) is 26.0 Å². The molecule has 0 amide bonds. The summed E-state index contributed by atoms with van der Waals surface area (Å²) in [7, 11) is -5.17. The van der Waals surface area contributed by atoms with Gasteiger partial charge >= 0.3 is 0 Å². The summed E-state index contributed by atoms with van der Waals surface area (Å²) >= 11 is 12.0. The first-order chi connectivity index (χ1) is 12.7. The first-order valence-corrected chi connectivity index (χ1v) is 11.8. The van der Waals surface area contributed by atoms with E-state index in [0.717, 1.165) is 0 Å². The van der Waals surface area contributed by atoms with Gasteiger partial charge in [0.2, 0.25) is 10.0 Å². The smallest absolute Gasteiger partial charge is 0.250 e. The molecule has 0 saturated heterocycles. The molecular formula is C17H20Cl2N2O4S2. The molecule has 0 fully saturated rings. The van der Waals surface area contributed by atoms with Crippen LogP contribution >= 0.6 is 23.2 Å². The van der Waals surface area contributed by atoms with Crippen LogP contribution in [0.3, 0.4) is 0 Å². The van der Waals surface area contributed by atoms with Gasteiger partial charge in [0.05, 0.1) is 25.6 Å². The van der Waals surface area contributed by atoms with Crippen molar-refractivity contribution >= 4 is 44.0 Å². The van der Waals surface area contributed by atoms with Crippen LogP contribution in [0.25, 0.3) is 0 Å². The van der Waals surface area contributed by atoms with E-state index in [2.05, 4.69) is 0 Å². The van der Waals surface area contributed by atoms with Gasteiger partial charge in [0.25, 0.3) is 5.56 Å². The predicted octanol–water partition coefficient (Wildman–Crippen LogP) is 2.99. The molecule has 148 valence electrons. The van der Waals surface area contributed by atoms with Crippen LogP contribution in [-0.2, 0) is 27.4 Å². The fraction of sp³-hybridized carbons (Fsp3) is 0.353. The monoisotopic (exact) mass is 450 g/mol. The van der Waals surface area contributed by atoms with Gasteiger partial charge in [0.15, 0.2) is 0 Å². The van der Waals surface area contributed by atoms with Crippen LogP contribution in [0.4, 0.5) is 0 Å². The molecule has 6 nitrogen and oxygen atoms in total. The lowest BCUT2D eigenvalue weighted by atomic mass is 10.4. The van der Waals surface area contributed by atoms with Crippen LogP contribution in [0, 0.1) is 0 Å². The molecule has 2 rings (SSSR count). The lowest BCUT2D eigenvalue weighted by molar-refractivity contribution is 0.444. The Labute approximate surface area is 171 Å². The maximum absolute atomic E-state index is 12.6. The second-order valence-electron chi connectivity index (χ2n) is 5.61. The zero-order valence-electron chi connectivity index (χ0n) is 14.9. The normalized spacial score (nSPS) is 13.1. The Hall–Kier alpha value is -1.19. The fourth-order valence-electron chi connectivity index (χ4n) is 2.49. The van der Waals surface area contributed by atoms with E-state index in [1.807, 2.05) is 0 Å². The van der Waals surface area contributed by atoms with E-state index in [1.165, 1.54) is 33.3 Å². The summed E-state index contributed by atoms with van der Waals surface area (Å²) in [5.74, 6) is 0.0920. The molecule has 0 spiro atoms. The third-order valence-electron chi connectivity index (χ3n) is 3.96. The number of rotatable bonds is 8. The van der Waals surface area contributed by atoms with E-state index < -0.39 is 20.8 Å². The van der Waals surface area contributed by atoms with E-state index in [4.69, 9.17) is 23.2 Å². The Kier molecular flexibility index (Phi) is 7.64. The third kappa shape index (κ3) is 5.20. The van der Waals surface area contributed by atoms with Crippen LogP contribution in [0.1, 0.15) is 13.8 Å². The number of halogens is 2. The van der Waals surface area contributed by atoms with Gasteiger partial charge in [-0.3, -0.25) is 9.00 Å². The Balaban J connectivity index is 2.26. The largest absolute Gasteiger partial charge is 0.313 e. The second-order valence-corrected chi connectivity index (χ2v) is 9.93. The summed E-state index contributed by atoms with van der Waals surface area (Å²) in [5, 5.41) is 0.732. The summed E-state index contributed by atoms with van der Waals surface area (Å²) in [5.41, 5.74) is -0.373. The third-order valence-corrected chi connectivity index (χ3v) is 8.05. The molecule has 0 saturated carbocycles. The van der Waals surface area contributed by atoms with Crippen LogP contribution in [0.5, 0.6) is 0 Å². The highest BCUT2D eigenvalue weighted by molar-refractivity contribution is 7.89. The molecule has 10 heteroatoms. The standard InChI is InChI=1S/C17H20Cl2N2O4S2/c1-3-21(4-2)27(24,25)14-6-8-17(22)20(12-14)9-10-26(23)16-11-13(18)5-7-15(16)19/h5-8,11-12H,3-4,9-10H2,1-2H3. The quantitative estimate of drug-likeness (QED) is 0.619. The number of nitrogens with zero attached hydrogens (tertiary/aromatic N) is 2. The molecule has 1 heterocycles. The van der Waals surface area contributed by atoms with Crippen molar-refractivity contribution in [1.82, 2.24) is 8.87 Å². The van der Waals surface area contributed by atoms with Gasteiger partial charge in [-0.1, -0.05) is 37.0 Å². The molecule has 2 aromatic rings. The molecule has 0 aliphatic rings. The minimum atomic E-state index is -3.68. The predicted molar refractivity (Wildman–Crippen MR) is 109 cm³/mol. The van der Waals surface area contributed by atoms with Gasteiger partial charge in [0, 0.05) is 42.7 Å². The zero-order valence-corrected chi connectivity index (χ0v) is 18.0. The summed E-state index contributed by atoms with van der Waals surface area (Å²) in [6, 6.07) is 7.16. The van der Waals surface area contributed by atoms with Crippen molar-refractivity contribution in [3.8, 4) is 0 Å². The van der Waals surface area contributed by atoms with Crippen molar-refractivity contribution in [1.29, 1.82) is 0 Å². The molecule has 0 radical (unpaired) electrons. The Bertz CT molecular complexity index is 1000. The van der Waals surface area contributed by atoms with Crippen LogP contribution in [-0.4, -0.2) is 40.3 Å². The summed E-state index contributed by atoms with van der Waals surface area (Å²) in [4.78, 5) is 12.5. The SMILES string of the molecule is CCN(CC)S(=O)(=O)c1ccc(=O)n(CCS(=O)c2cc(Cl)ccc2Cl)c1. The van der Waals surface area contributed by atoms with Gasteiger partial charge in [-0.15, -0.1) is 0 Å².